The molecule has 134 valence electrons. The summed E-state index contributed by atoms with van der Waals surface area (Å²) in [4.78, 5) is 17.3. The van der Waals surface area contributed by atoms with Crippen LogP contribution >= 0.6 is 11.6 Å². The third-order valence-electron chi connectivity index (χ3n) is 4.49. The summed E-state index contributed by atoms with van der Waals surface area (Å²) in [6, 6.07) is 17.1. The maximum atomic E-state index is 12.7. The molecule has 0 saturated carbocycles. The number of anilines is 1. The number of carbonyl (C=O) groups is 1. The number of nitrogens with zero attached hydrogens (tertiary/aromatic N) is 3. The zero-order valence-corrected chi connectivity index (χ0v) is 15.7. The van der Waals surface area contributed by atoms with Crippen LogP contribution in [0.4, 0.5) is 5.69 Å². The van der Waals surface area contributed by atoms with Gasteiger partial charge in [0.2, 0.25) is 0 Å². The number of hydrogen-bond acceptors (Lipinski definition) is 3. The fourth-order valence-corrected chi connectivity index (χ4v) is 3.30. The summed E-state index contributed by atoms with van der Waals surface area (Å²) >= 11 is 6.13. The molecule has 0 spiro atoms. The van der Waals surface area contributed by atoms with E-state index in [-0.39, 0.29) is 5.91 Å². The summed E-state index contributed by atoms with van der Waals surface area (Å²) < 4.78 is 1.72. The van der Waals surface area contributed by atoms with E-state index in [1.807, 2.05) is 56.3 Å². The highest BCUT2D eigenvalue weighted by Crippen LogP contribution is 2.28. The van der Waals surface area contributed by atoms with Crippen molar-refractivity contribution < 1.29 is 4.79 Å². The number of rotatable bonds is 3. The van der Waals surface area contributed by atoms with Crippen LogP contribution in [0.2, 0.25) is 5.02 Å². The van der Waals surface area contributed by atoms with Crippen LogP contribution in [0.5, 0.6) is 0 Å². The number of benzene rings is 2. The molecule has 0 aliphatic heterocycles. The molecule has 4 aromatic rings. The summed E-state index contributed by atoms with van der Waals surface area (Å²) in [6.07, 6.45) is 1.59. The van der Waals surface area contributed by atoms with Gasteiger partial charge in [-0.3, -0.25) is 4.79 Å². The minimum absolute atomic E-state index is 0.274. The van der Waals surface area contributed by atoms with Gasteiger partial charge in [0.1, 0.15) is 0 Å². The maximum Gasteiger partial charge on any atom is 0.259 e. The molecule has 2 heterocycles. The second kappa shape index (κ2) is 6.85. The number of fused-ring (bicyclic) bond motifs is 1. The molecule has 0 radical (unpaired) electrons. The lowest BCUT2D eigenvalue weighted by atomic mass is 10.1. The second-order valence-corrected chi connectivity index (χ2v) is 6.66. The molecule has 1 amide bonds. The lowest BCUT2D eigenvalue weighted by Gasteiger charge is -2.10. The van der Waals surface area contributed by atoms with E-state index in [2.05, 4.69) is 15.4 Å². The summed E-state index contributed by atoms with van der Waals surface area (Å²) in [5.74, 6) is -0.274. The molecule has 0 aliphatic rings. The first-order chi connectivity index (χ1) is 13.1. The van der Waals surface area contributed by atoms with Gasteiger partial charge in [-0.25, -0.2) is 9.50 Å². The maximum absolute atomic E-state index is 12.7. The van der Waals surface area contributed by atoms with Crippen LogP contribution < -0.4 is 5.32 Å². The van der Waals surface area contributed by atoms with Gasteiger partial charge in [0.15, 0.2) is 5.65 Å². The zero-order chi connectivity index (χ0) is 19.0. The van der Waals surface area contributed by atoms with Crippen molar-refractivity contribution in [2.24, 2.45) is 0 Å². The number of hydrogen-bond donors (Lipinski definition) is 1. The van der Waals surface area contributed by atoms with Crippen molar-refractivity contribution >= 4 is 28.8 Å². The molecule has 0 bridgehead atoms. The van der Waals surface area contributed by atoms with Crippen molar-refractivity contribution in [3.05, 3.63) is 82.8 Å². The molecule has 5 nitrogen and oxygen atoms in total. The van der Waals surface area contributed by atoms with Gasteiger partial charge in [-0.05, 0) is 31.5 Å². The number of para-hydroxylation sites is 1. The van der Waals surface area contributed by atoms with Crippen LogP contribution in [0.1, 0.15) is 21.7 Å². The van der Waals surface area contributed by atoms with E-state index in [0.717, 1.165) is 28.2 Å². The Labute approximate surface area is 161 Å². The summed E-state index contributed by atoms with van der Waals surface area (Å²) in [7, 11) is 0. The van der Waals surface area contributed by atoms with Gasteiger partial charge in [0, 0.05) is 11.8 Å². The first-order valence-electron chi connectivity index (χ1n) is 8.52. The highest BCUT2D eigenvalue weighted by molar-refractivity contribution is 6.33. The van der Waals surface area contributed by atoms with E-state index >= 15 is 0 Å². The summed E-state index contributed by atoms with van der Waals surface area (Å²) in [5, 5.41) is 7.92. The molecule has 6 heteroatoms. The van der Waals surface area contributed by atoms with Crippen molar-refractivity contribution in [3.8, 4) is 11.1 Å². The van der Waals surface area contributed by atoms with E-state index in [1.165, 1.54) is 0 Å². The lowest BCUT2D eigenvalue weighted by molar-refractivity contribution is 0.102. The van der Waals surface area contributed by atoms with Gasteiger partial charge in [-0.1, -0.05) is 54.1 Å². The Morgan fingerprint density at radius 3 is 2.48 bits per heavy atom. The normalized spacial score (nSPS) is 10.9. The number of nitrogens with one attached hydrogen (secondary N) is 1. The van der Waals surface area contributed by atoms with Crippen LogP contribution in [0, 0.1) is 13.8 Å². The van der Waals surface area contributed by atoms with Crippen LogP contribution in [0.25, 0.3) is 16.8 Å². The molecular formula is C21H17ClN4O. The first kappa shape index (κ1) is 17.2. The molecular weight excluding hydrogens is 360 g/mol. The van der Waals surface area contributed by atoms with Gasteiger partial charge in [0.25, 0.3) is 5.91 Å². The van der Waals surface area contributed by atoms with Crippen molar-refractivity contribution in [2.75, 3.05) is 5.32 Å². The standard InChI is InChI=1S/C21H17ClN4O/c1-13-19(15-8-4-3-5-9-15)20-23-12-16(14(2)26(20)25-13)21(27)24-18-11-7-6-10-17(18)22/h3-12H,1-2H3,(H,24,27). The predicted octanol–water partition coefficient (Wildman–Crippen LogP) is 4.92. The van der Waals surface area contributed by atoms with E-state index in [4.69, 9.17) is 11.6 Å². The first-order valence-corrected chi connectivity index (χ1v) is 8.90. The summed E-state index contributed by atoms with van der Waals surface area (Å²) in [6.45, 7) is 3.80. The van der Waals surface area contributed by atoms with Crippen molar-refractivity contribution in [2.45, 2.75) is 13.8 Å². The Morgan fingerprint density at radius 1 is 1.04 bits per heavy atom. The van der Waals surface area contributed by atoms with Gasteiger partial charge in [-0.15, -0.1) is 0 Å². The molecule has 4 rings (SSSR count). The Kier molecular flexibility index (Phi) is 4.38. The van der Waals surface area contributed by atoms with Crippen LogP contribution in [-0.2, 0) is 0 Å². The molecule has 2 aromatic heterocycles. The minimum atomic E-state index is -0.274. The fourth-order valence-electron chi connectivity index (χ4n) is 3.12. The van der Waals surface area contributed by atoms with Crippen LogP contribution in [0.3, 0.4) is 0 Å². The van der Waals surface area contributed by atoms with E-state index in [1.54, 1.807) is 22.8 Å². The molecule has 0 unspecified atom stereocenters. The molecule has 0 fully saturated rings. The minimum Gasteiger partial charge on any atom is -0.321 e. The van der Waals surface area contributed by atoms with E-state index in [0.29, 0.717) is 16.3 Å². The molecule has 27 heavy (non-hydrogen) atoms. The van der Waals surface area contributed by atoms with Crippen molar-refractivity contribution in [1.82, 2.24) is 14.6 Å². The topological polar surface area (TPSA) is 59.3 Å². The number of aromatic nitrogens is 3. The number of halogens is 1. The van der Waals surface area contributed by atoms with Crippen LogP contribution in [0.15, 0.2) is 60.8 Å². The smallest absolute Gasteiger partial charge is 0.259 e. The molecule has 0 aliphatic carbocycles. The average molecular weight is 377 g/mol. The van der Waals surface area contributed by atoms with Gasteiger partial charge >= 0.3 is 0 Å². The van der Waals surface area contributed by atoms with Crippen molar-refractivity contribution in [3.63, 3.8) is 0 Å². The highest BCUT2D eigenvalue weighted by atomic mass is 35.5. The molecule has 1 N–H and O–H groups in total. The monoisotopic (exact) mass is 376 g/mol. The predicted molar refractivity (Wildman–Crippen MR) is 107 cm³/mol. The number of amides is 1. The largest absolute Gasteiger partial charge is 0.321 e. The third kappa shape index (κ3) is 3.06. The average Bonchev–Trinajstić information content (AvgIpc) is 3.01. The van der Waals surface area contributed by atoms with Gasteiger partial charge in [-0.2, -0.15) is 5.10 Å². The summed E-state index contributed by atoms with van der Waals surface area (Å²) in [5.41, 5.74) is 5.33. The Balaban J connectivity index is 1.77. The molecule has 0 saturated heterocycles. The third-order valence-corrected chi connectivity index (χ3v) is 4.82. The molecule has 2 aromatic carbocycles. The Hall–Kier alpha value is -3.18. The van der Waals surface area contributed by atoms with Gasteiger partial charge in [0.05, 0.1) is 27.7 Å². The fraction of sp³-hybridized carbons (Fsp3) is 0.0952. The quantitative estimate of drug-likeness (QED) is 0.552. The van der Waals surface area contributed by atoms with Crippen LogP contribution in [-0.4, -0.2) is 20.5 Å². The SMILES string of the molecule is Cc1nn2c(C)c(C(=O)Nc3ccccc3Cl)cnc2c1-c1ccccc1. The number of carbonyl (C=O) groups excluding carboxylic acids is 1. The number of aryl methyl sites for hydroxylation is 2. The Morgan fingerprint density at radius 2 is 1.74 bits per heavy atom. The highest BCUT2D eigenvalue weighted by Gasteiger charge is 2.19. The van der Waals surface area contributed by atoms with Crippen molar-refractivity contribution in [1.29, 1.82) is 0 Å². The molecule has 0 atom stereocenters. The Bertz CT molecular complexity index is 1150. The van der Waals surface area contributed by atoms with E-state index in [9.17, 15) is 4.79 Å². The van der Waals surface area contributed by atoms with E-state index < -0.39 is 0 Å². The second-order valence-electron chi connectivity index (χ2n) is 6.25. The van der Waals surface area contributed by atoms with Gasteiger partial charge < -0.3 is 5.32 Å². The zero-order valence-electron chi connectivity index (χ0n) is 14.9. The lowest BCUT2D eigenvalue weighted by Crippen LogP contribution is -2.16.